The summed E-state index contributed by atoms with van der Waals surface area (Å²) in [5.41, 5.74) is 9.08. The first-order valence-corrected chi connectivity index (χ1v) is 53.2. The van der Waals surface area contributed by atoms with Gasteiger partial charge in [0, 0.05) is 11.2 Å². The Morgan fingerprint density at radius 3 is 0.762 bits per heavy atom. The number of hydrogen-bond acceptors (Lipinski definition) is 11. The van der Waals surface area contributed by atoms with Gasteiger partial charge in [0.2, 0.25) is 0 Å². The van der Waals surface area contributed by atoms with E-state index < -0.39 is 33.1 Å². The smallest absolute Gasteiger partial charge is 1.00 e. The normalized spacial score (nSPS) is 13.8. The maximum atomic E-state index is 12.1. The van der Waals surface area contributed by atoms with Gasteiger partial charge < -0.3 is 62.3 Å². The summed E-state index contributed by atoms with van der Waals surface area (Å²) in [6.45, 7) is 0. The molecule has 0 bridgehead atoms. The molecule has 0 aromatic heterocycles. The molecule has 0 spiro atoms. The third kappa shape index (κ3) is 46.4. The molecule has 5 fully saturated rings. The minimum absolute atomic E-state index is 0. The van der Waals surface area contributed by atoms with Gasteiger partial charge >= 0.3 is 54.7 Å². The van der Waals surface area contributed by atoms with Crippen LogP contribution in [0.2, 0.25) is 0 Å². The SMILES string of the molecule is C.C.C.C.C.COC(=O)c1cccc(/C=C/C2CCCCC2)c1.COC(=O)c1cccc(CBr)c1.COC(=O)c1cccc(C[P+](c2ccccc2)(c2ccccc2)c2ccccc2)c1.O.O=C(O)c1cccc(/C=C/C2CCCCC2)c1.O=C(O)c1cccc(/C=C/C2CCCCC2)c1.O=C(O)c1cccc(/C=C\C2CCCCC2)c1.O=CC1CCCCC1.[Br-].[Li+].[OH-].c1ccc(P(c2ccccc2)c2ccccc2)cc1. The molecule has 5 aliphatic carbocycles. The zero-order chi connectivity index (χ0) is 97.6. The number of allylic oxidation sites excluding steroid dienone is 4. The molecular formula is C127H157Br2LiO15P2. The fourth-order valence-electron chi connectivity index (χ4n) is 17.8. The van der Waals surface area contributed by atoms with E-state index in [0.717, 1.165) is 64.0 Å². The van der Waals surface area contributed by atoms with Crippen molar-refractivity contribution in [2.45, 2.75) is 209 Å². The van der Waals surface area contributed by atoms with Crippen LogP contribution in [0, 0.1) is 29.6 Å². The fraction of sp³-hybridized carbons (Fsp3) is 0.315. The quantitative estimate of drug-likeness (QED) is 0.0127. The number of alkyl halides is 1. The Bertz CT molecular complexity index is 5420. The van der Waals surface area contributed by atoms with Crippen molar-refractivity contribution in [3.05, 3.63) is 419 Å². The number of aromatic carboxylic acids is 3. The monoisotopic (exact) mass is 2150 g/mol. The van der Waals surface area contributed by atoms with Crippen molar-refractivity contribution in [2.75, 3.05) is 21.3 Å². The van der Waals surface area contributed by atoms with E-state index in [4.69, 9.17) is 24.8 Å². The Labute approximate surface area is 910 Å². The van der Waals surface area contributed by atoms with Gasteiger partial charge in [0.05, 0.1) is 60.9 Å². The predicted molar refractivity (Wildman–Crippen MR) is 614 cm³/mol. The molecule has 5 saturated carbocycles. The summed E-state index contributed by atoms with van der Waals surface area (Å²) in [5, 5.41) is 35.6. The van der Waals surface area contributed by atoms with E-state index in [-0.39, 0.29) is 102 Å². The first-order valence-electron chi connectivity index (χ1n) is 48.7. The molecule has 12 aromatic rings. The molecule has 6 N–H and O–H groups in total. The number of halogens is 2. The van der Waals surface area contributed by atoms with Crippen LogP contribution in [0.3, 0.4) is 0 Å². The molecule has 5 aliphatic rings. The van der Waals surface area contributed by atoms with Gasteiger partial charge in [-0.25, -0.2) is 28.8 Å². The molecule has 20 heteroatoms. The van der Waals surface area contributed by atoms with E-state index >= 15 is 0 Å². The maximum Gasteiger partial charge on any atom is 1.00 e. The number of methoxy groups -OCH3 is 3. The summed E-state index contributed by atoms with van der Waals surface area (Å²) >= 11 is 3.31. The Morgan fingerprint density at radius 1 is 0.306 bits per heavy atom. The van der Waals surface area contributed by atoms with E-state index in [1.165, 1.54) is 201 Å². The van der Waals surface area contributed by atoms with Gasteiger partial charge in [-0.3, -0.25) is 0 Å². The second-order valence-electron chi connectivity index (χ2n) is 35.3. The number of rotatable bonds is 24. The second kappa shape index (κ2) is 76.0. The van der Waals surface area contributed by atoms with Gasteiger partial charge in [0.25, 0.3) is 0 Å². The van der Waals surface area contributed by atoms with Crippen molar-refractivity contribution in [2.24, 2.45) is 29.6 Å². The Morgan fingerprint density at radius 2 is 0.524 bits per heavy atom. The van der Waals surface area contributed by atoms with E-state index in [0.29, 0.717) is 63.0 Å². The van der Waals surface area contributed by atoms with Crippen LogP contribution in [-0.2, 0) is 30.5 Å². The van der Waals surface area contributed by atoms with Gasteiger partial charge in [-0.2, -0.15) is 0 Å². The van der Waals surface area contributed by atoms with Crippen LogP contribution in [0.1, 0.15) is 293 Å². The summed E-state index contributed by atoms with van der Waals surface area (Å²) in [7, 11) is 1.78. The summed E-state index contributed by atoms with van der Waals surface area (Å²) in [6, 6.07) is 109. The number of ether oxygens (including phenoxy) is 3. The summed E-state index contributed by atoms with van der Waals surface area (Å²) < 4.78 is 14.2. The van der Waals surface area contributed by atoms with Crippen molar-refractivity contribution >= 4 is 129 Å². The van der Waals surface area contributed by atoms with Crippen molar-refractivity contribution in [1.82, 2.24) is 0 Å². The summed E-state index contributed by atoms with van der Waals surface area (Å²) in [6.07, 6.45) is 51.7. The van der Waals surface area contributed by atoms with Crippen LogP contribution in [0.15, 0.2) is 352 Å². The average Bonchev–Trinajstić information content (AvgIpc) is 0.758. The zero-order valence-corrected chi connectivity index (χ0v) is 87.3. The number of hydrogen-bond donors (Lipinski definition) is 3. The van der Waals surface area contributed by atoms with E-state index in [1.807, 2.05) is 66.7 Å². The molecular weight excluding hydrogens is 1990 g/mol. The van der Waals surface area contributed by atoms with E-state index in [1.54, 1.807) is 72.8 Å². The molecule has 147 heavy (non-hydrogen) atoms. The van der Waals surface area contributed by atoms with Gasteiger partial charge in [0.15, 0.2) is 0 Å². The first-order chi connectivity index (χ1) is 67.4. The Hall–Kier alpha value is -11.6. The minimum Gasteiger partial charge on any atom is -1.00 e. The largest absolute Gasteiger partial charge is 1.00 e. The number of carbonyl (C=O) groups excluding carboxylic acids is 4. The van der Waals surface area contributed by atoms with Crippen molar-refractivity contribution in [1.29, 1.82) is 0 Å². The van der Waals surface area contributed by atoms with Crippen molar-refractivity contribution in [3.8, 4) is 0 Å². The second-order valence-corrected chi connectivity index (χ2v) is 41.6. The van der Waals surface area contributed by atoms with Crippen LogP contribution in [-0.4, -0.2) is 89.7 Å². The van der Waals surface area contributed by atoms with Crippen LogP contribution in [0.25, 0.3) is 24.3 Å². The standard InChI is InChI=1S/C27H24O2P.C18H15P.C16H20O2.3C15H18O2.C9H9BrO2.C7H12O.5CH4.BrH.Li.2H2O/c1-29-27(28)23-13-11-12-22(20-23)21-30(24-14-5-2-6-15-24,25-16-7-3-8-17-25)26-18-9-4-10-19-26;1-4-10-16(11-5-1)19(17-12-6-2-7-13-17)18-14-8-3-9-15-18;1-18-16(17)15-9-5-8-14(12-15)11-10-13-6-3-2-4-7-13;3*16-15(17)14-8-4-7-13(11-14)10-9-12-5-2-1-3-6-12;1-12-9(11)8-4-2-3-7(5-8)6-10;8-6-7-4-2-1-3-5-7;;;;;;;;;/h2-20H,21H2,1H3;1-15H;5,8-13H,2-4,6-7H2,1H3;3*4,7-12H,1-3,5-6H2,(H,16,17);2-5H,6H2,1H3;6-7H,1-5H2;5*1H4;1H;;2*1H2/q+1;;;;;;;;;;;;;;+1;;/p-2/b;;11-10+;2*10-9+;10-9-;;;;;;;;;;;. The van der Waals surface area contributed by atoms with Crippen LogP contribution >= 0.6 is 31.1 Å². The first kappa shape index (κ1) is 133. The van der Waals surface area contributed by atoms with Crippen molar-refractivity contribution in [3.63, 3.8) is 0 Å². The number of carbonyl (C=O) groups is 7. The number of carboxylic acid groups (broad SMARTS) is 3. The number of esters is 3. The maximum absolute atomic E-state index is 12.1. The molecule has 0 unspecified atom stereocenters. The Balaban J connectivity index is 0.000000849. The summed E-state index contributed by atoms with van der Waals surface area (Å²) in [5.74, 6) is -0.314. The van der Waals surface area contributed by atoms with Crippen LogP contribution in [0.5, 0.6) is 0 Å². The topological polar surface area (TPSA) is 269 Å². The van der Waals surface area contributed by atoms with Gasteiger partial charge in [0.1, 0.15) is 29.5 Å². The van der Waals surface area contributed by atoms with Gasteiger partial charge in [-0.1, -0.05) is 416 Å². The minimum atomic E-state index is -1.99. The molecule has 17 rings (SSSR count). The molecule has 0 heterocycles. The Kier molecular flexibility index (Phi) is 69.0. The van der Waals surface area contributed by atoms with Crippen LogP contribution in [0.4, 0.5) is 0 Å². The molecule has 12 aromatic carbocycles. The predicted octanol–water partition coefficient (Wildman–Crippen LogP) is 24.7. The average molecular weight is 2150 g/mol. The zero-order valence-electron chi connectivity index (χ0n) is 82.4. The van der Waals surface area contributed by atoms with Crippen molar-refractivity contribution < 1.29 is 110 Å². The number of carboxylic acids is 3. The van der Waals surface area contributed by atoms with Gasteiger partial charge in [-0.15, -0.1) is 0 Å². The molecule has 780 valence electrons. The summed E-state index contributed by atoms with van der Waals surface area (Å²) in [4.78, 5) is 77.3. The van der Waals surface area contributed by atoms with E-state index in [2.05, 4.69) is 257 Å². The molecule has 0 radical (unpaired) electrons. The fourth-order valence-corrected chi connectivity index (χ4v) is 24.7. The molecule has 0 atom stereocenters. The number of benzene rings is 12. The molecule has 0 amide bonds. The molecule has 15 nitrogen and oxygen atoms in total. The molecule has 0 saturated heterocycles. The number of aldehydes is 1. The van der Waals surface area contributed by atoms with Crippen LogP contribution < -0.4 is 67.7 Å². The third-order valence-electron chi connectivity index (χ3n) is 25.3. The third-order valence-corrected chi connectivity index (χ3v) is 32.8. The van der Waals surface area contributed by atoms with Gasteiger partial charge in [-0.05, 0) is 254 Å². The molecule has 0 aliphatic heterocycles. The van der Waals surface area contributed by atoms with E-state index in [9.17, 15) is 33.6 Å².